The second kappa shape index (κ2) is 10.7. The third-order valence-electron chi connectivity index (χ3n) is 6.51. The molecule has 0 unspecified atom stereocenters. The maximum Gasteiger partial charge on any atom is 0.0167 e. The van der Waals surface area contributed by atoms with Crippen LogP contribution >= 0.6 is 0 Å². The minimum atomic E-state index is 0.796. The molecular weight excluding hydrogens is 354 g/mol. The number of rotatable bonds is 7. The van der Waals surface area contributed by atoms with Crippen LogP contribution in [0.25, 0.3) is 6.08 Å². The van der Waals surface area contributed by atoms with Gasteiger partial charge in [-0.3, -0.25) is 9.80 Å². The lowest BCUT2D eigenvalue weighted by atomic mass is 10.0. The highest BCUT2D eigenvalue weighted by molar-refractivity contribution is 5.48. The lowest BCUT2D eigenvalue weighted by molar-refractivity contribution is 0.0635. The van der Waals surface area contributed by atoms with E-state index in [4.69, 9.17) is 0 Å². The molecule has 2 aromatic rings. The number of nitrogens with zero attached hydrogens (tertiary/aromatic N) is 3. The highest BCUT2D eigenvalue weighted by Gasteiger charge is 2.26. The largest absolute Gasteiger partial charge is 0.303 e. The zero-order valence-corrected chi connectivity index (χ0v) is 17.6. The number of hydrogen-bond donors (Lipinski definition) is 0. The molecule has 0 spiro atoms. The molecule has 2 aromatic carbocycles. The van der Waals surface area contributed by atoms with Gasteiger partial charge in [0.15, 0.2) is 0 Å². The quantitative estimate of drug-likeness (QED) is 0.708. The average Bonchev–Trinajstić information content (AvgIpc) is 2.80. The molecule has 154 valence electrons. The van der Waals surface area contributed by atoms with Gasteiger partial charge in [-0.05, 0) is 43.5 Å². The van der Waals surface area contributed by atoms with Crippen molar-refractivity contribution in [2.45, 2.75) is 25.3 Å². The zero-order chi connectivity index (χ0) is 19.7. The molecule has 4 rings (SSSR count). The van der Waals surface area contributed by atoms with Gasteiger partial charge in [-0.25, -0.2) is 0 Å². The minimum Gasteiger partial charge on any atom is -0.303 e. The van der Waals surface area contributed by atoms with Crippen LogP contribution in [-0.4, -0.2) is 73.1 Å². The van der Waals surface area contributed by atoms with Crippen molar-refractivity contribution in [3.05, 3.63) is 77.9 Å². The van der Waals surface area contributed by atoms with Gasteiger partial charge in [-0.1, -0.05) is 72.8 Å². The molecule has 0 radical (unpaired) electrons. The molecule has 29 heavy (non-hydrogen) atoms. The third-order valence-corrected chi connectivity index (χ3v) is 6.51. The number of likely N-dealkylation sites (tertiary alicyclic amines) is 1. The molecule has 0 atom stereocenters. The summed E-state index contributed by atoms with van der Waals surface area (Å²) in [6.45, 7) is 9.66. The van der Waals surface area contributed by atoms with Gasteiger partial charge >= 0.3 is 0 Å². The van der Waals surface area contributed by atoms with Crippen LogP contribution in [0.5, 0.6) is 0 Å². The minimum absolute atomic E-state index is 0.796. The summed E-state index contributed by atoms with van der Waals surface area (Å²) in [6.07, 6.45) is 8.42. The van der Waals surface area contributed by atoms with Gasteiger partial charge in [0.25, 0.3) is 0 Å². The molecule has 2 saturated heterocycles. The van der Waals surface area contributed by atoms with Crippen molar-refractivity contribution >= 4 is 6.08 Å². The summed E-state index contributed by atoms with van der Waals surface area (Å²) >= 11 is 0. The van der Waals surface area contributed by atoms with Crippen molar-refractivity contribution in [3.63, 3.8) is 0 Å². The summed E-state index contributed by atoms with van der Waals surface area (Å²) in [6, 6.07) is 22.3. The highest BCUT2D eigenvalue weighted by atomic mass is 15.3. The number of hydrogen-bond acceptors (Lipinski definition) is 3. The van der Waals surface area contributed by atoms with Crippen molar-refractivity contribution in [1.29, 1.82) is 0 Å². The predicted octanol–water partition coefficient (Wildman–Crippen LogP) is 4.02. The van der Waals surface area contributed by atoms with E-state index in [0.29, 0.717) is 0 Å². The second-order valence-electron chi connectivity index (χ2n) is 8.46. The average molecular weight is 390 g/mol. The summed E-state index contributed by atoms with van der Waals surface area (Å²) in [5.74, 6) is 0. The Bertz CT molecular complexity index is 727. The molecule has 0 aromatic heterocycles. The fourth-order valence-corrected chi connectivity index (χ4v) is 4.65. The molecule has 3 nitrogen and oxygen atoms in total. The number of piperidine rings is 1. The first-order chi connectivity index (χ1) is 14.4. The molecule has 0 bridgehead atoms. The SMILES string of the molecule is C(=Cc1ccccc1)CN1CCN(C2CCN(CCc3ccccc3)CC2)CC1. The van der Waals surface area contributed by atoms with Crippen LogP contribution in [0, 0.1) is 0 Å². The molecular formula is C26H35N3. The molecule has 3 heteroatoms. The Morgan fingerprint density at radius 2 is 1.38 bits per heavy atom. The van der Waals surface area contributed by atoms with E-state index in [9.17, 15) is 0 Å². The lowest BCUT2D eigenvalue weighted by Crippen LogP contribution is -2.53. The number of piperazine rings is 1. The van der Waals surface area contributed by atoms with Crippen LogP contribution in [0.2, 0.25) is 0 Å². The first-order valence-corrected chi connectivity index (χ1v) is 11.3. The van der Waals surface area contributed by atoms with Crippen LogP contribution in [0.4, 0.5) is 0 Å². The Labute approximate surface area is 176 Å². The summed E-state index contributed by atoms with van der Waals surface area (Å²) in [5, 5.41) is 0. The Balaban J connectivity index is 1.13. The van der Waals surface area contributed by atoms with Crippen LogP contribution < -0.4 is 0 Å². The van der Waals surface area contributed by atoms with Gasteiger partial charge in [0, 0.05) is 45.3 Å². The van der Waals surface area contributed by atoms with E-state index in [1.54, 1.807) is 0 Å². The molecule has 0 N–H and O–H groups in total. The van der Waals surface area contributed by atoms with Gasteiger partial charge in [-0.15, -0.1) is 0 Å². The smallest absolute Gasteiger partial charge is 0.0167 e. The number of benzene rings is 2. The molecule has 2 aliphatic rings. The Morgan fingerprint density at radius 1 is 0.724 bits per heavy atom. The Hall–Kier alpha value is -1.94. The Kier molecular flexibility index (Phi) is 7.52. The third kappa shape index (κ3) is 6.27. The van der Waals surface area contributed by atoms with Crippen molar-refractivity contribution in [3.8, 4) is 0 Å². The van der Waals surface area contributed by atoms with Crippen molar-refractivity contribution < 1.29 is 0 Å². The van der Waals surface area contributed by atoms with E-state index in [2.05, 4.69) is 87.5 Å². The van der Waals surface area contributed by atoms with Crippen molar-refractivity contribution in [1.82, 2.24) is 14.7 Å². The summed E-state index contributed by atoms with van der Waals surface area (Å²) < 4.78 is 0. The predicted molar refractivity (Wildman–Crippen MR) is 123 cm³/mol. The summed E-state index contributed by atoms with van der Waals surface area (Å²) in [4.78, 5) is 8.00. The first kappa shape index (κ1) is 20.3. The normalized spacial score (nSPS) is 20.4. The Morgan fingerprint density at radius 3 is 2.07 bits per heavy atom. The van der Waals surface area contributed by atoms with E-state index in [1.807, 2.05) is 0 Å². The zero-order valence-electron chi connectivity index (χ0n) is 17.6. The van der Waals surface area contributed by atoms with Gasteiger partial charge < -0.3 is 4.90 Å². The van der Waals surface area contributed by atoms with Gasteiger partial charge in [0.05, 0.1) is 0 Å². The molecule has 2 aliphatic heterocycles. The van der Waals surface area contributed by atoms with Crippen molar-refractivity contribution in [2.75, 3.05) is 52.4 Å². The fraction of sp³-hybridized carbons (Fsp3) is 0.462. The lowest BCUT2D eigenvalue weighted by Gasteiger charge is -2.42. The van der Waals surface area contributed by atoms with Gasteiger partial charge in [0.2, 0.25) is 0 Å². The molecule has 2 heterocycles. The monoisotopic (exact) mass is 389 g/mol. The molecule has 0 amide bonds. The molecule has 0 saturated carbocycles. The van der Waals surface area contributed by atoms with Gasteiger partial charge in [-0.2, -0.15) is 0 Å². The van der Waals surface area contributed by atoms with Crippen LogP contribution in [0.15, 0.2) is 66.7 Å². The van der Waals surface area contributed by atoms with Crippen LogP contribution in [0.3, 0.4) is 0 Å². The second-order valence-corrected chi connectivity index (χ2v) is 8.46. The fourth-order valence-electron chi connectivity index (χ4n) is 4.65. The molecule has 2 fully saturated rings. The topological polar surface area (TPSA) is 9.72 Å². The van der Waals surface area contributed by atoms with Gasteiger partial charge in [0.1, 0.15) is 0 Å². The maximum absolute atomic E-state index is 2.76. The van der Waals surface area contributed by atoms with E-state index < -0.39 is 0 Å². The maximum atomic E-state index is 2.76. The van der Waals surface area contributed by atoms with E-state index in [-0.39, 0.29) is 0 Å². The first-order valence-electron chi connectivity index (χ1n) is 11.3. The van der Waals surface area contributed by atoms with E-state index in [0.717, 1.165) is 12.6 Å². The van der Waals surface area contributed by atoms with Crippen molar-refractivity contribution in [2.24, 2.45) is 0 Å². The van der Waals surface area contributed by atoms with E-state index >= 15 is 0 Å². The highest BCUT2D eigenvalue weighted by Crippen LogP contribution is 2.19. The molecule has 0 aliphatic carbocycles. The van der Waals surface area contributed by atoms with E-state index in [1.165, 1.54) is 76.2 Å². The standard InChI is InChI=1S/C26H35N3/c1-3-8-24(9-4-1)12-7-16-27-20-22-29(23-21-27)26-14-18-28(19-15-26)17-13-25-10-5-2-6-11-25/h1-12,26H,13-23H2. The summed E-state index contributed by atoms with van der Waals surface area (Å²) in [7, 11) is 0. The van der Waals surface area contributed by atoms with Crippen LogP contribution in [-0.2, 0) is 6.42 Å². The van der Waals surface area contributed by atoms with Crippen LogP contribution in [0.1, 0.15) is 24.0 Å². The summed E-state index contributed by atoms with van der Waals surface area (Å²) in [5.41, 5.74) is 2.76.